The second kappa shape index (κ2) is 7.24. The predicted molar refractivity (Wildman–Crippen MR) is 75.0 cm³/mol. The SMILES string of the molecule is CCCCCC(C)N1CCS(=O)(=O)CC1CC(=O)O. The number of carboxylic acids is 1. The third-order valence-electron chi connectivity index (χ3n) is 3.78. The molecule has 0 spiro atoms. The molecule has 0 radical (unpaired) electrons. The van der Waals surface area contributed by atoms with E-state index in [1.807, 2.05) is 0 Å². The molecule has 0 saturated carbocycles. The number of unbranched alkanes of at least 4 members (excludes halogenated alkanes) is 2. The molecule has 19 heavy (non-hydrogen) atoms. The Labute approximate surface area is 115 Å². The summed E-state index contributed by atoms with van der Waals surface area (Å²) in [6.07, 6.45) is 4.35. The van der Waals surface area contributed by atoms with Crippen LogP contribution in [0.5, 0.6) is 0 Å². The average molecular weight is 291 g/mol. The second-order valence-electron chi connectivity index (χ2n) is 5.45. The Balaban J connectivity index is 2.64. The number of carbonyl (C=O) groups is 1. The summed E-state index contributed by atoms with van der Waals surface area (Å²) in [6, 6.07) is -0.112. The van der Waals surface area contributed by atoms with Gasteiger partial charge in [0.15, 0.2) is 9.84 Å². The van der Waals surface area contributed by atoms with Gasteiger partial charge in [0.25, 0.3) is 0 Å². The fourth-order valence-electron chi connectivity index (χ4n) is 2.71. The van der Waals surface area contributed by atoms with E-state index >= 15 is 0 Å². The van der Waals surface area contributed by atoms with Crippen molar-refractivity contribution >= 4 is 15.8 Å². The molecule has 5 nitrogen and oxygen atoms in total. The van der Waals surface area contributed by atoms with E-state index in [9.17, 15) is 13.2 Å². The largest absolute Gasteiger partial charge is 0.481 e. The van der Waals surface area contributed by atoms with Gasteiger partial charge in [0.05, 0.1) is 17.9 Å². The number of nitrogens with zero attached hydrogens (tertiary/aromatic N) is 1. The van der Waals surface area contributed by atoms with Gasteiger partial charge >= 0.3 is 5.97 Å². The topological polar surface area (TPSA) is 74.7 Å². The first-order chi connectivity index (χ1) is 8.85. The van der Waals surface area contributed by atoms with Gasteiger partial charge in [-0.2, -0.15) is 0 Å². The maximum absolute atomic E-state index is 11.7. The summed E-state index contributed by atoms with van der Waals surface area (Å²) < 4.78 is 23.3. The highest BCUT2D eigenvalue weighted by Gasteiger charge is 2.34. The lowest BCUT2D eigenvalue weighted by molar-refractivity contribution is -0.138. The molecule has 0 aromatic carbocycles. The Bertz CT molecular complexity index is 393. The molecule has 0 aromatic rings. The number of aliphatic carboxylic acids is 1. The Hall–Kier alpha value is -0.620. The molecule has 0 aliphatic carbocycles. The highest BCUT2D eigenvalue weighted by molar-refractivity contribution is 7.91. The first kappa shape index (κ1) is 16.4. The van der Waals surface area contributed by atoms with Crippen molar-refractivity contribution in [1.29, 1.82) is 0 Å². The van der Waals surface area contributed by atoms with Crippen molar-refractivity contribution in [3.05, 3.63) is 0 Å². The zero-order chi connectivity index (χ0) is 14.5. The fourth-order valence-corrected chi connectivity index (χ4v) is 4.26. The third kappa shape index (κ3) is 5.48. The quantitative estimate of drug-likeness (QED) is 0.720. The summed E-state index contributed by atoms with van der Waals surface area (Å²) in [5, 5.41) is 8.93. The van der Waals surface area contributed by atoms with Gasteiger partial charge in [0, 0.05) is 18.6 Å². The van der Waals surface area contributed by atoms with Gasteiger partial charge in [0.1, 0.15) is 0 Å². The monoisotopic (exact) mass is 291 g/mol. The maximum Gasteiger partial charge on any atom is 0.304 e. The molecule has 2 unspecified atom stereocenters. The normalized spacial score (nSPS) is 25.1. The van der Waals surface area contributed by atoms with Crippen LogP contribution in [0.4, 0.5) is 0 Å². The molecule has 1 rings (SSSR count). The second-order valence-corrected chi connectivity index (χ2v) is 7.68. The molecule has 112 valence electrons. The van der Waals surface area contributed by atoms with Crippen molar-refractivity contribution in [2.45, 2.75) is 58.0 Å². The van der Waals surface area contributed by atoms with E-state index in [4.69, 9.17) is 5.11 Å². The summed E-state index contributed by atoms with van der Waals surface area (Å²) >= 11 is 0. The average Bonchev–Trinajstić information content (AvgIpc) is 2.27. The fraction of sp³-hybridized carbons (Fsp3) is 0.923. The van der Waals surface area contributed by atoms with Crippen LogP contribution in [0.1, 0.15) is 46.0 Å². The standard InChI is InChI=1S/C13H25NO4S/c1-3-4-5-6-11(2)14-7-8-19(17,18)10-12(14)9-13(15)16/h11-12H,3-10H2,1-2H3,(H,15,16). The van der Waals surface area contributed by atoms with Gasteiger partial charge in [-0.25, -0.2) is 8.42 Å². The van der Waals surface area contributed by atoms with E-state index in [1.54, 1.807) is 0 Å². The van der Waals surface area contributed by atoms with Crippen LogP contribution in [0.15, 0.2) is 0 Å². The lowest BCUT2D eigenvalue weighted by atomic mass is 10.1. The van der Waals surface area contributed by atoms with Gasteiger partial charge in [-0.05, 0) is 13.3 Å². The smallest absolute Gasteiger partial charge is 0.304 e. The third-order valence-corrected chi connectivity index (χ3v) is 5.47. The molecule has 1 heterocycles. The van der Waals surface area contributed by atoms with Crippen molar-refractivity contribution in [3.8, 4) is 0 Å². The summed E-state index contributed by atoms with van der Waals surface area (Å²) in [7, 11) is -3.07. The molecule has 1 fully saturated rings. The first-order valence-electron chi connectivity index (χ1n) is 7.03. The lowest BCUT2D eigenvalue weighted by Gasteiger charge is -2.39. The van der Waals surface area contributed by atoms with Crippen LogP contribution < -0.4 is 0 Å². The molecule has 2 atom stereocenters. The summed E-state index contributed by atoms with van der Waals surface area (Å²) in [6.45, 7) is 4.68. The Morgan fingerprint density at radius 1 is 1.42 bits per heavy atom. The van der Waals surface area contributed by atoms with E-state index in [0.29, 0.717) is 6.54 Å². The molecule has 1 N–H and O–H groups in total. The van der Waals surface area contributed by atoms with Crippen LogP contribution in [0.25, 0.3) is 0 Å². The van der Waals surface area contributed by atoms with Crippen molar-refractivity contribution < 1.29 is 18.3 Å². The van der Waals surface area contributed by atoms with Crippen LogP contribution in [0.3, 0.4) is 0 Å². The van der Waals surface area contributed by atoms with Crippen LogP contribution in [-0.2, 0) is 14.6 Å². The summed E-state index contributed by atoms with van der Waals surface area (Å²) in [5.41, 5.74) is 0. The highest BCUT2D eigenvalue weighted by atomic mass is 32.2. The van der Waals surface area contributed by atoms with E-state index in [2.05, 4.69) is 18.7 Å². The Kier molecular flexibility index (Phi) is 6.26. The summed E-state index contributed by atoms with van der Waals surface area (Å²) in [5.74, 6) is -0.786. The van der Waals surface area contributed by atoms with Gasteiger partial charge in [-0.15, -0.1) is 0 Å². The van der Waals surface area contributed by atoms with E-state index in [1.165, 1.54) is 6.42 Å². The number of carboxylic acid groups (broad SMARTS) is 1. The first-order valence-corrected chi connectivity index (χ1v) is 8.86. The molecular formula is C13H25NO4S. The Morgan fingerprint density at radius 2 is 2.11 bits per heavy atom. The molecule has 1 saturated heterocycles. The summed E-state index contributed by atoms with van der Waals surface area (Å²) in [4.78, 5) is 13.0. The number of hydrogen-bond acceptors (Lipinski definition) is 4. The predicted octanol–water partition coefficient (Wildman–Crippen LogP) is 1.53. The molecule has 0 amide bonds. The molecular weight excluding hydrogens is 266 g/mol. The van der Waals surface area contributed by atoms with Gasteiger partial charge in [-0.3, -0.25) is 9.69 Å². The van der Waals surface area contributed by atoms with Crippen molar-refractivity contribution in [1.82, 2.24) is 4.90 Å². The van der Waals surface area contributed by atoms with Gasteiger partial charge in [0.2, 0.25) is 0 Å². The molecule has 6 heteroatoms. The maximum atomic E-state index is 11.7. The van der Waals surface area contributed by atoms with E-state index in [0.717, 1.165) is 19.3 Å². The lowest BCUT2D eigenvalue weighted by Crippen LogP contribution is -2.52. The minimum Gasteiger partial charge on any atom is -0.481 e. The highest BCUT2D eigenvalue weighted by Crippen LogP contribution is 2.20. The van der Waals surface area contributed by atoms with Crippen molar-refractivity contribution in [2.75, 3.05) is 18.1 Å². The molecule has 1 aliphatic rings. The zero-order valence-corrected chi connectivity index (χ0v) is 12.7. The molecule has 0 aromatic heterocycles. The number of sulfone groups is 1. The van der Waals surface area contributed by atoms with E-state index < -0.39 is 15.8 Å². The minimum atomic E-state index is -3.07. The van der Waals surface area contributed by atoms with Crippen LogP contribution in [-0.4, -0.2) is 54.5 Å². The zero-order valence-electron chi connectivity index (χ0n) is 11.8. The van der Waals surface area contributed by atoms with Crippen LogP contribution in [0.2, 0.25) is 0 Å². The van der Waals surface area contributed by atoms with Crippen molar-refractivity contribution in [2.24, 2.45) is 0 Å². The molecule has 0 bridgehead atoms. The number of rotatable bonds is 7. The van der Waals surface area contributed by atoms with Crippen LogP contribution >= 0.6 is 0 Å². The minimum absolute atomic E-state index is 0.0165. The van der Waals surface area contributed by atoms with Gasteiger partial charge in [-0.1, -0.05) is 26.2 Å². The van der Waals surface area contributed by atoms with Crippen LogP contribution in [0, 0.1) is 0 Å². The molecule has 1 aliphatic heterocycles. The van der Waals surface area contributed by atoms with Crippen molar-refractivity contribution in [3.63, 3.8) is 0 Å². The Morgan fingerprint density at radius 3 is 2.68 bits per heavy atom. The number of hydrogen-bond donors (Lipinski definition) is 1. The van der Waals surface area contributed by atoms with Gasteiger partial charge < -0.3 is 5.11 Å². The van der Waals surface area contributed by atoms with E-state index in [-0.39, 0.29) is 30.0 Å².